The van der Waals surface area contributed by atoms with Gasteiger partial charge in [-0.1, -0.05) is 20.3 Å². The summed E-state index contributed by atoms with van der Waals surface area (Å²) < 4.78 is 5.54. The van der Waals surface area contributed by atoms with E-state index in [9.17, 15) is 0 Å². The van der Waals surface area contributed by atoms with Gasteiger partial charge < -0.3 is 4.74 Å². The standard InChI is InChI=1S/C14H18N2OS/c1-3-5-11-6-7-15-9-12(11)14-16-13(10-18-14)17-8-4-2/h6-7,9-10H,3-5,8H2,1-2H3. The molecule has 2 rings (SSSR count). The predicted octanol–water partition coefficient (Wildman–Crippen LogP) is 3.95. The molecule has 0 aliphatic rings. The molecule has 2 aromatic heterocycles. The van der Waals surface area contributed by atoms with Crippen LogP contribution in [-0.2, 0) is 6.42 Å². The van der Waals surface area contributed by atoms with Crippen LogP contribution in [0.3, 0.4) is 0 Å². The van der Waals surface area contributed by atoms with E-state index in [0.29, 0.717) is 0 Å². The number of aryl methyl sites for hydroxylation is 1. The molecule has 0 saturated heterocycles. The van der Waals surface area contributed by atoms with Gasteiger partial charge >= 0.3 is 0 Å². The lowest BCUT2D eigenvalue weighted by atomic mass is 10.1. The molecule has 18 heavy (non-hydrogen) atoms. The molecule has 2 heterocycles. The molecule has 0 radical (unpaired) electrons. The van der Waals surface area contributed by atoms with Gasteiger partial charge in [0.2, 0.25) is 5.88 Å². The maximum Gasteiger partial charge on any atom is 0.224 e. The summed E-state index contributed by atoms with van der Waals surface area (Å²) in [6, 6.07) is 2.08. The highest BCUT2D eigenvalue weighted by molar-refractivity contribution is 7.13. The summed E-state index contributed by atoms with van der Waals surface area (Å²) in [6.07, 6.45) is 6.93. The average molecular weight is 262 g/mol. The minimum atomic E-state index is 0.720. The van der Waals surface area contributed by atoms with Crippen molar-refractivity contribution in [1.82, 2.24) is 9.97 Å². The highest BCUT2D eigenvalue weighted by Crippen LogP contribution is 2.29. The van der Waals surface area contributed by atoms with Gasteiger partial charge in [0.15, 0.2) is 0 Å². The first kappa shape index (κ1) is 13.0. The van der Waals surface area contributed by atoms with Crippen molar-refractivity contribution in [3.63, 3.8) is 0 Å². The van der Waals surface area contributed by atoms with Crippen molar-refractivity contribution in [2.24, 2.45) is 0 Å². The second kappa shape index (κ2) is 6.50. The highest BCUT2D eigenvalue weighted by Gasteiger charge is 2.09. The molecule has 4 heteroatoms. The third-order valence-electron chi connectivity index (χ3n) is 2.60. The van der Waals surface area contributed by atoms with E-state index in [1.54, 1.807) is 11.3 Å². The van der Waals surface area contributed by atoms with Crippen molar-refractivity contribution >= 4 is 11.3 Å². The van der Waals surface area contributed by atoms with E-state index in [4.69, 9.17) is 4.74 Å². The number of hydrogen-bond donors (Lipinski definition) is 0. The van der Waals surface area contributed by atoms with Crippen molar-refractivity contribution in [1.29, 1.82) is 0 Å². The van der Waals surface area contributed by atoms with Crippen LogP contribution in [0.15, 0.2) is 23.8 Å². The zero-order valence-corrected chi connectivity index (χ0v) is 11.7. The van der Waals surface area contributed by atoms with Crippen molar-refractivity contribution in [3.8, 4) is 16.5 Å². The fraction of sp³-hybridized carbons (Fsp3) is 0.429. The van der Waals surface area contributed by atoms with E-state index in [-0.39, 0.29) is 0 Å². The molecule has 0 spiro atoms. The molecule has 0 bridgehead atoms. The Balaban J connectivity index is 2.22. The monoisotopic (exact) mass is 262 g/mol. The minimum absolute atomic E-state index is 0.720. The average Bonchev–Trinajstić information content (AvgIpc) is 2.86. The van der Waals surface area contributed by atoms with Crippen LogP contribution >= 0.6 is 11.3 Å². The fourth-order valence-corrected chi connectivity index (χ4v) is 2.55. The molecule has 2 aromatic rings. The van der Waals surface area contributed by atoms with Crippen molar-refractivity contribution < 1.29 is 4.74 Å². The molecular weight excluding hydrogens is 244 g/mol. The van der Waals surface area contributed by atoms with Crippen LogP contribution in [0.4, 0.5) is 0 Å². The molecule has 0 unspecified atom stereocenters. The maximum atomic E-state index is 5.54. The lowest BCUT2D eigenvalue weighted by Gasteiger charge is -2.04. The molecule has 0 aromatic carbocycles. The molecular formula is C14H18N2OS. The Morgan fingerprint density at radius 1 is 1.28 bits per heavy atom. The molecule has 3 nitrogen and oxygen atoms in total. The Kier molecular flexibility index (Phi) is 4.70. The highest BCUT2D eigenvalue weighted by atomic mass is 32.1. The quantitative estimate of drug-likeness (QED) is 0.790. The first-order valence-corrected chi connectivity index (χ1v) is 7.24. The van der Waals surface area contributed by atoms with Gasteiger partial charge in [-0.15, -0.1) is 11.3 Å². The number of thiazole rings is 1. The van der Waals surface area contributed by atoms with Crippen LogP contribution in [0.25, 0.3) is 10.6 Å². The van der Waals surface area contributed by atoms with E-state index >= 15 is 0 Å². The van der Waals surface area contributed by atoms with Gasteiger partial charge in [-0.05, 0) is 24.5 Å². The zero-order chi connectivity index (χ0) is 12.8. The number of pyridine rings is 1. The van der Waals surface area contributed by atoms with Crippen LogP contribution in [0, 0.1) is 0 Å². The number of hydrogen-bond acceptors (Lipinski definition) is 4. The summed E-state index contributed by atoms with van der Waals surface area (Å²) in [5.41, 5.74) is 2.44. The van der Waals surface area contributed by atoms with Crippen LogP contribution in [0.1, 0.15) is 32.3 Å². The van der Waals surface area contributed by atoms with Gasteiger partial charge in [0.25, 0.3) is 0 Å². The summed E-state index contributed by atoms with van der Waals surface area (Å²) in [5.74, 6) is 0.725. The second-order valence-corrected chi connectivity index (χ2v) is 4.98. The first-order chi connectivity index (χ1) is 8.85. The summed E-state index contributed by atoms with van der Waals surface area (Å²) >= 11 is 1.62. The largest absolute Gasteiger partial charge is 0.477 e. The van der Waals surface area contributed by atoms with Crippen molar-refractivity contribution in [2.75, 3.05) is 6.61 Å². The summed E-state index contributed by atoms with van der Waals surface area (Å²) in [5, 5.41) is 2.96. The van der Waals surface area contributed by atoms with Crippen LogP contribution in [0.2, 0.25) is 0 Å². The smallest absolute Gasteiger partial charge is 0.224 e. The maximum absolute atomic E-state index is 5.54. The van der Waals surface area contributed by atoms with Crippen molar-refractivity contribution in [2.45, 2.75) is 33.1 Å². The van der Waals surface area contributed by atoms with E-state index in [0.717, 1.165) is 42.3 Å². The Morgan fingerprint density at radius 3 is 2.94 bits per heavy atom. The molecule has 0 aliphatic carbocycles. The fourth-order valence-electron chi connectivity index (χ4n) is 1.76. The molecule has 96 valence electrons. The number of rotatable bonds is 6. The van der Waals surface area contributed by atoms with E-state index < -0.39 is 0 Å². The third kappa shape index (κ3) is 3.07. The number of nitrogens with zero attached hydrogens (tertiary/aromatic N) is 2. The van der Waals surface area contributed by atoms with Crippen LogP contribution < -0.4 is 4.74 Å². The Bertz CT molecular complexity index is 496. The Morgan fingerprint density at radius 2 is 2.17 bits per heavy atom. The molecule has 0 fully saturated rings. The minimum Gasteiger partial charge on any atom is -0.477 e. The van der Waals surface area contributed by atoms with E-state index in [1.165, 1.54) is 5.56 Å². The topological polar surface area (TPSA) is 35.0 Å². The van der Waals surface area contributed by atoms with E-state index in [1.807, 2.05) is 17.8 Å². The van der Waals surface area contributed by atoms with Gasteiger partial charge in [-0.2, -0.15) is 0 Å². The molecule has 0 amide bonds. The lowest BCUT2D eigenvalue weighted by Crippen LogP contribution is -1.95. The lowest BCUT2D eigenvalue weighted by molar-refractivity contribution is 0.307. The number of aromatic nitrogens is 2. The van der Waals surface area contributed by atoms with Crippen LogP contribution in [-0.4, -0.2) is 16.6 Å². The summed E-state index contributed by atoms with van der Waals surface area (Å²) in [4.78, 5) is 8.72. The van der Waals surface area contributed by atoms with Gasteiger partial charge in [0.05, 0.1) is 12.0 Å². The molecule has 0 N–H and O–H groups in total. The second-order valence-electron chi connectivity index (χ2n) is 4.12. The van der Waals surface area contributed by atoms with E-state index in [2.05, 4.69) is 29.9 Å². The summed E-state index contributed by atoms with van der Waals surface area (Å²) in [7, 11) is 0. The molecule has 0 saturated carbocycles. The SMILES string of the molecule is CCCOc1csc(-c2cnccc2CCC)n1. The molecule has 0 atom stereocenters. The third-order valence-corrected chi connectivity index (χ3v) is 3.45. The predicted molar refractivity (Wildman–Crippen MR) is 75.1 cm³/mol. The van der Waals surface area contributed by atoms with Crippen molar-refractivity contribution in [3.05, 3.63) is 29.4 Å². The normalized spacial score (nSPS) is 10.6. The van der Waals surface area contributed by atoms with Gasteiger partial charge in [-0.3, -0.25) is 4.98 Å². The Hall–Kier alpha value is -1.42. The van der Waals surface area contributed by atoms with Gasteiger partial charge in [0, 0.05) is 18.0 Å². The first-order valence-electron chi connectivity index (χ1n) is 6.36. The van der Waals surface area contributed by atoms with Crippen LogP contribution in [0.5, 0.6) is 5.88 Å². The van der Waals surface area contributed by atoms with Gasteiger partial charge in [0.1, 0.15) is 5.01 Å². The molecule has 0 aliphatic heterocycles. The number of ether oxygens (including phenoxy) is 1. The van der Waals surface area contributed by atoms with Gasteiger partial charge in [-0.25, -0.2) is 4.98 Å². The zero-order valence-electron chi connectivity index (χ0n) is 10.8. The Labute approximate surface area is 112 Å². The summed E-state index contributed by atoms with van der Waals surface area (Å²) in [6.45, 7) is 4.99.